The van der Waals surface area contributed by atoms with Crippen LogP contribution in [0.5, 0.6) is 5.75 Å². The molecule has 0 aliphatic rings. The Morgan fingerprint density at radius 3 is 2.71 bits per heavy atom. The molecule has 0 atom stereocenters. The number of nitrogens with zero attached hydrogens (tertiary/aromatic N) is 3. The van der Waals surface area contributed by atoms with E-state index in [4.69, 9.17) is 4.74 Å². The first-order chi connectivity index (χ1) is 15.0. The fourth-order valence-corrected chi connectivity index (χ4v) is 3.75. The Balaban J connectivity index is 1.52. The van der Waals surface area contributed by atoms with Gasteiger partial charge >= 0.3 is 5.97 Å². The van der Waals surface area contributed by atoms with Crippen molar-refractivity contribution < 1.29 is 19.1 Å². The van der Waals surface area contributed by atoms with Crippen molar-refractivity contribution in [2.45, 2.75) is 13.5 Å². The summed E-state index contributed by atoms with van der Waals surface area (Å²) >= 11 is 1.65. The molecule has 0 saturated carbocycles. The number of aryl methyl sites for hydroxylation is 1. The quantitative estimate of drug-likeness (QED) is 0.444. The number of anilines is 1. The summed E-state index contributed by atoms with van der Waals surface area (Å²) in [6, 6.07) is 12.5. The van der Waals surface area contributed by atoms with E-state index in [-0.39, 0.29) is 12.5 Å². The van der Waals surface area contributed by atoms with Crippen molar-refractivity contribution in [3.63, 3.8) is 0 Å². The number of carbonyl (C=O) groups is 2. The number of esters is 1. The maximum Gasteiger partial charge on any atom is 0.343 e. The minimum atomic E-state index is -0.464. The molecule has 3 aromatic heterocycles. The zero-order valence-corrected chi connectivity index (χ0v) is 17.8. The maximum absolute atomic E-state index is 13.0. The predicted octanol–water partition coefficient (Wildman–Crippen LogP) is 3.65. The summed E-state index contributed by atoms with van der Waals surface area (Å²) in [7, 11) is 1.30. The number of pyridine rings is 1. The van der Waals surface area contributed by atoms with Gasteiger partial charge in [0.25, 0.3) is 5.91 Å². The van der Waals surface area contributed by atoms with Gasteiger partial charge in [0.15, 0.2) is 12.3 Å². The number of carbonyl (C=O) groups excluding carboxylic acids is 2. The van der Waals surface area contributed by atoms with E-state index in [1.54, 1.807) is 52.5 Å². The first-order valence-corrected chi connectivity index (χ1v) is 10.4. The second-order valence-corrected chi connectivity index (χ2v) is 7.81. The normalized spacial score (nSPS) is 10.8. The molecule has 1 N–H and O–H groups in total. The predicted molar refractivity (Wildman–Crippen MR) is 118 cm³/mol. The third kappa shape index (κ3) is 4.72. The van der Waals surface area contributed by atoms with Crippen LogP contribution < -0.4 is 10.1 Å². The Bertz CT molecular complexity index is 1220. The molecule has 0 bridgehead atoms. The van der Waals surface area contributed by atoms with Crippen molar-refractivity contribution in [3.05, 3.63) is 70.2 Å². The second kappa shape index (κ2) is 8.97. The summed E-state index contributed by atoms with van der Waals surface area (Å²) in [5.41, 5.74) is 2.51. The molecule has 4 aromatic rings. The Morgan fingerprint density at radius 2 is 2.00 bits per heavy atom. The van der Waals surface area contributed by atoms with Crippen molar-refractivity contribution in [3.8, 4) is 5.75 Å². The van der Waals surface area contributed by atoms with E-state index in [9.17, 15) is 9.59 Å². The lowest BCUT2D eigenvalue weighted by atomic mass is 10.1. The third-order valence-electron chi connectivity index (χ3n) is 4.56. The van der Waals surface area contributed by atoms with E-state index < -0.39 is 5.97 Å². The molecule has 0 unspecified atom stereocenters. The number of hydrogen-bond donors (Lipinski definition) is 1. The molecule has 1 amide bonds. The number of hydrogen-bond acceptors (Lipinski definition) is 7. The van der Waals surface area contributed by atoms with Crippen LogP contribution >= 0.6 is 11.3 Å². The summed E-state index contributed by atoms with van der Waals surface area (Å²) in [6.07, 6.45) is 1.67. The zero-order valence-electron chi connectivity index (χ0n) is 17.0. The molecule has 0 aliphatic carbocycles. The SMILES string of the molecule is COC(=O)COc1ccc(NC(=O)c2cc(C)nc3c2cnn3Cc2cccs2)cc1. The molecule has 0 radical (unpaired) electrons. The Hall–Kier alpha value is -3.72. The summed E-state index contributed by atoms with van der Waals surface area (Å²) in [6.45, 7) is 2.28. The van der Waals surface area contributed by atoms with Gasteiger partial charge in [-0.1, -0.05) is 6.07 Å². The van der Waals surface area contributed by atoms with Crippen molar-refractivity contribution in [2.24, 2.45) is 0 Å². The van der Waals surface area contributed by atoms with E-state index >= 15 is 0 Å². The number of rotatable bonds is 7. The van der Waals surface area contributed by atoms with Crippen LogP contribution in [0.3, 0.4) is 0 Å². The van der Waals surface area contributed by atoms with Crippen molar-refractivity contribution in [1.82, 2.24) is 14.8 Å². The van der Waals surface area contributed by atoms with Crippen LogP contribution in [0.4, 0.5) is 5.69 Å². The number of benzene rings is 1. The third-order valence-corrected chi connectivity index (χ3v) is 5.43. The molecule has 4 rings (SSSR count). The monoisotopic (exact) mass is 436 g/mol. The second-order valence-electron chi connectivity index (χ2n) is 6.77. The van der Waals surface area contributed by atoms with Crippen LogP contribution in [0.2, 0.25) is 0 Å². The van der Waals surface area contributed by atoms with Crippen LogP contribution in [0.15, 0.2) is 54.0 Å². The lowest BCUT2D eigenvalue weighted by Gasteiger charge is -2.09. The molecule has 0 spiro atoms. The first kappa shape index (κ1) is 20.5. The fourth-order valence-electron chi connectivity index (χ4n) is 3.06. The van der Waals surface area contributed by atoms with Gasteiger partial charge in [0, 0.05) is 16.3 Å². The molecule has 158 valence electrons. The zero-order chi connectivity index (χ0) is 21.8. The lowest BCUT2D eigenvalue weighted by molar-refractivity contribution is -0.142. The molecule has 0 fully saturated rings. The molecule has 9 heteroatoms. The number of fused-ring (bicyclic) bond motifs is 1. The molecule has 31 heavy (non-hydrogen) atoms. The highest BCUT2D eigenvalue weighted by Gasteiger charge is 2.16. The molecular weight excluding hydrogens is 416 g/mol. The molecule has 1 aromatic carbocycles. The van der Waals surface area contributed by atoms with Crippen molar-refractivity contribution in [2.75, 3.05) is 19.0 Å². The Kier molecular flexibility index (Phi) is 5.94. The average Bonchev–Trinajstić information content (AvgIpc) is 3.43. The summed E-state index contributed by atoms with van der Waals surface area (Å²) < 4.78 is 11.7. The van der Waals surface area contributed by atoms with Gasteiger partial charge < -0.3 is 14.8 Å². The molecule has 0 saturated heterocycles. The van der Waals surface area contributed by atoms with Gasteiger partial charge in [-0.3, -0.25) is 4.79 Å². The smallest absolute Gasteiger partial charge is 0.343 e. The van der Waals surface area contributed by atoms with E-state index in [0.29, 0.717) is 34.6 Å². The Labute approximate surface area is 182 Å². The van der Waals surface area contributed by atoms with Gasteiger partial charge in [-0.15, -0.1) is 11.3 Å². The van der Waals surface area contributed by atoms with Gasteiger partial charge in [-0.25, -0.2) is 14.5 Å². The van der Waals surface area contributed by atoms with Gasteiger partial charge in [0.1, 0.15) is 5.75 Å². The molecular formula is C22H20N4O4S. The number of aromatic nitrogens is 3. The van der Waals surface area contributed by atoms with E-state index in [2.05, 4.69) is 20.1 Å². The van der Waals surface area contributed by atoms with Crippen molar-refractivity contribution in [1.29, 1.82) is 0 Å². The largest absolute Gasteiger partial charge is 0.482 e. The highest BCUT2D eigenvalue weighted by Crippen LogP contribution is 2.22. The van der Waals surface area contributed by atoms with Crippen LogP contribution in [0.1, 0.15) is 20.9 Å². The van der Waals surface area contributed by atoms with Crippen molar-refractivity contribution >= 4 is 39.9 Å². The van der Waals surface area contributed by atoms with Crippen LogP contribution in [-0.2, 0) is 16.1 Å². The summed E-state index contributed by atoms with van der Waals surface area (Å²) in [5.74, 6) is -0.219. The number of methoxy groups -OCH3 is 1. The van der Waals surface area contributed by atoms with Crippen LogP contribution in [0, 0.1) is 6.92 Å². The summed E-state index contributed by atoms with van der Waals surface area (Å²) in [5, 5.41) is 10.0. The van der Waals surface area contributed by atoms with E-state index in [1.807, 2.05) is 24.4 Å². The highest BCUT2D eigenvalue weighted by molar-refractivity contribution is 7.09. The fraction of sp³-hybridized carbons (Fsp3) is 0.182. The molecule has 8 nitrogen and oxygen atoms in total. The van der Waals surface area contributed by atoms with E-state index in [0.717, 1.165) is 10.6 Å². The maximum atomic E-state index is 13.0. The standard InChI is InChI=1S/C22H20N4O4S/c1-14-10-18(19-11-23-26(21(19)24-14)12-17-4-3-9-31-17)22(28)25-15-5-7-16(8-6-15)30-13-20(27)29-2/h3-11H,12-13H2,1-2H3,(H,25,28). The first-order valence-electron chi connectivity index (χ1n) is 9.50. The number of amides is 1. The van der Waals surface area contributed by atoms with Crippen LogP contribution in [0.25, 0.3) is 11.0 Å². The van der Waals surface area contributed by atoms with Gasteiger partial charge in [0.05, 0.1) is 30.8 Å². The molecule has 0 aliphatic heterocycles. The van der Waals surface area contributed by atoms with Gasteiger partial charge in [0.2, 0.25) is 0 Å². The highest BCUT2D eigenvalue weighted by atomic mass is 32.1. The number of thiophene rings is 1. The van der Waals surface area contributed by atoms with Crippen LogP contribution in [-0.4, -0.2) is 40.4 Å². The lowest BCUT2D eigenvalue weighted by Crippen LogP contribution is -2.14. The minimum Gasteiger partial charge on any atom is -0.482 e. The minimum absolute atomic E-state index is 0.175. The summed E-state index contributed by atoms with van der Waals surface area (Å²) in [4.78, 5) is 29.9. The number of nitrogens with one attached hydrogen (secondary N) is 1. The average molecular weight is 436 g/mol. The Morgan fingerprint density at radius 1 is 1.19 bits per heavy atom. The van der Waals surface area contributed by atoms with Gasteiger partial charge in [-0.2, -0.15) is 5.10 Å². The van der Waals surface area contributed by atoms with E-state index in [1.165, 1.54) is 7.11 Å². The topological polar surface area (TPSA) is 95.3 Å². The number of ether oxygens (including phenoxy) is 2. The van der Waals surface area contributed by atoms with Gasteiger partial charge in [-0.05, 0) is 48.7 Å². The molecule has 3 heterocycles.